The van der Waals surface area contributed by atoms with E-state index in [4.69, 9.17) is 5.11 Å². The molecular weight excluding hydrogens is 283 g/mol. The van der Waals surface area contributed by atoms with Gasteiger partial charge in [-0.1, -0.05) is 25.5 Å². The number of ether oxygens (including phenoxy) is 1. The molecule has 1 aromatic rings. The summed E-state index contributed by atoms with van der Waals surface area (Å²) >= 11 is 0. The van der Waals surface area contributed by atoms with Gasteiger partial charge in [-0.2, -0.15) is 0 Å². The molecule has 0 aliphatic rings. The standard InChI is InChI=1S/C15H22F3NO2/c1-3-12(8-9-20)10-19-11(2)13-4-6-14(7-5-13)21-15(16,17)18/h4-7,11-12,19-20H,3,8-10H2,1-2H3. The monoisotopic (exact) mass is 305 g/mol. The zero-order valence-electron chi connectivity index (χ0n) is 12.3. The molecule has 2 unspecified atom stereocenters. The van der Waals surface area contributed by atoms with Gasteiger partial charge in [0.1, 0.15) is 5.75 Å². The number of halogens is 3. The topological polar surface area (TPSA) is 41.5 Å². The van der Waals surface area contributed by atoms with Gasteiger partial charge in [0.15, 0.2) is 0 Å². The van der Waals surface area contributed by atoms with E-state index >= 15 is 0 Å². The van der Waals surface area contributed by atoms with Crippen LogP contribution in [0.3, 0.4) is 0 Å². The molecule has 21 heavy (non-hydrogen) atoms. The van der Waals surface area contributed by atoms with Gasteiger partial charge in [-0.3, -0.25) is 0 Å². The lowest BCUT2D eigenvalue weighted by Crippen LogP contribution is -2.26. The molecule has 0 spiro atoms. The lowest BCUT2D eigenvalue weighted by atomic mass is 10.0. The van der Waals surface area contributed by atoms with Crippen LogP contribution in [-0.2, 0) is 0 Å². The molecule has 0 amide bonds. The Balaban J connectivity index is 2.53. The average Bonchev–Trinajstić information content (AvgIpc) is 2.42. The fourth-order valence-corrected chi connectivity index (χ4v) is 2.05. The minimum absolute atomic E-state index is 0.0256. The van der Waals surface area contributed by atoms with E-state index in [0.29, 0.717) is 5.92 Å². The molecule has 0 heterocycles. The summed E-state index contributed by atoms with van der Waals surface area (Å²) in [6.07, 6.45) is -2.95. The molecule has 2 atom stereocenters. The summed E-state index contributed by atoms with van der Waals surface area (Å²) in [4.78, 5) is 0. The van der Waals surface area contributed by atoms with Crippen molar-refractivity contribution in [2.45, 2.75) is 39.1 Å². The Morgan fingerprint density at radius 3 is 2.33 bits per heavy atom. The summed E-state index contributed by atoms with van der Waals surface area (Å²) in [5.74, 6) is 0.176. The van der Waals surface area contributed by atoms with Crippen LogP contribution in [0.5, 0.6) is 5.75 Å². The Morgan fingerprint density at radius 1 is 1.24 bits per heavy atom. The third kappa shape index (κ3) is 6.82. The summed E-state index contributed by atoms with van der Waals surface area (Å²) in [5, 5.41) is 12.3. The molecular formula is C15H22F3NO2. The van der Waals surface area contributed by atoms with Crippen molar-refractivity contribution in [3.05, 3.63) is 29.8 Å². The molecule has 1 rings (SSSR count). The quantitative estimate of drug-likeness (QED) is 0.770. The highest BCUT2D eigenvalue weighted by molar-refractivity contribution is 5.29. The zero-order valence-corrected chi connectivity index (χ0v) is 12.3. The Hall–Kier alpha value is -1.27. The van der Waals surface area contributed by atoms with Crippen molar-refractivity contribution in [2.75, 3.05) is 13.2 Å². The first kappa shape index (κ1) is 17.8. The van der Waals surface area contributed by atoms with Crippen molar-refractivity contribution in [2.24, 2.45) is 5.92 Å². The first-order valence-electron chi connectivity index (χ1n) is 7.05. The SMILES string of the molecule is CCC(CCO)CNC(C)c1ccc(OC(F)(F)F)cc1. The van der Waals surface area contributed by atoms with Crippen molar-refractivity contribution in [3.8, 4) is 5.75 Å². The highest BCUT2D eigenvalue weighted by Gasteiger charge is 2.31. The van der Waals surface area contributed by atoms with Crippen LogP contribution in [0.4, 0.5) is 13.2 Å². The third-order valence-electron chi connectivity index (χ3n) is 3.44. The van der Waals surface area contributed by atoms with Crippen LogP contribution >= 0.6 is 0 Å². The third-order valence-corrected chi connectivity index (χ3v) is 3.44. The Morgan fingerprint density at radius 2 is 1.86 bits per heavy atom. The smallest absolute Gasteiger partial charge is 0.406 e. The fourth-order valence-electron chi connectivity index (χ4n) is 2.05. The van der Waals surface area contributed by atoms with E-state index in [9.17, 15) is 13.2 Å². The van der Waals surface area contributed by atoms with Crippen LogP contribution in [-0.4, -0.2) is 24.6 Å². The van der Waals surface area contributed by atoms with E-state index in [1.54, 1.807) is 12.1 Å². The van der Waals surface area contributed by atoms with Crippen molar-refractivity contribution in [3.63, 3.8) is 0 Å². The molecule has 3 nitrogen and oxygen atoms in total. The van der Waals surface area contributed by atoms with Crippen LogP contribution in [0.1, 0.15) is 38.3 Å². The summed E-state index contributed by atoms with van der Waals surface area (Å²) in [6.45, 7) is 4.94. The minimum Gasteiger partial charge on any atom is -0.406 e. The molecule has 6 heteroatoms. The van der Waals surface area contributed by atoms with Crippen molar-refractivity contribution < 1.29 is 23.0 Å². The number of aliphatic hydroxyl groups is 1. The Bertz CT molecular complexity index is 406. The van der Waals surface area contributed by atoms with E-state index in [1.165, 1.54) is 12.1 Å². The van der Waals surface area contributed by atoms with Gasteiger partial charge in [-0.15, -0.1) is 13.2 Å². The molecule has 0 aromatic heterocycles. The van der Waals surface area contributed by atoms with Gasteiger partial charge in [0.25, 0.3) is 0 Å². The maximum Gasteiger partial charge on any atom is 0.573 e. The predicted molar refractivity (Wildman–Crippen MR) is 75.0 cm³/mol. The highest BCUT2D eigenvalue weighted by atomic mass is 19.4. The van der Waals surface area contributed by atoms with Crippen molar-refractivity contribution in [1.29, 1.82) is 0 Å². The van der Waals surface area contributed by atoms with Crippen LogP contribution in [0.2, 0.25) is 0 Å². The second-order valence-corrected chi connectivity index (χ2v) is 5.03. The van der Waals surface area contributed by atoms with E-state index in [1.807, 2.05) is 6.92 Å². The first-order chi connectivity index (χ1) is 9.85. The average molecular weight is 305 g/mol. The van der Waals surface area contributed by atoms with Gasteiger partial charge < -0.3 is 15.2 Å². The summed E-state index contributed by atoms with van der Waals surface area (Å²) in [5.41, 5.74) is 0.892. The van der Waals surface area contributed by atoms with Gasteiger partial charge in [0.05, 0.1) is 0 Å². The van der Waals surface area contributed by atoms with E-state index < -0.39 is 6.36 Å². The van der Waals surface area contributed by atoms with Gasteiger partial charge in [-0.25, -0.2) is 0 Å². The Labute approximate surface area is 123 Å². The number of alkyl halides is 3. The number of aliphatic hydroxyl groups excluding tert-OH is 1. The largest absolute Gasteiger partial charge is 0.573 e. The van der Waals surface area contributed by atoms with E-state index in [-0.39, 0.29) is 18.4 Å². The normalized spacial score (nSPS) is 14.8. The predicted octanol–water partition coefficient (Wildman–Crippen LogP) is 3.64. The maximum atomic E-state index is 12.1. The van der Waals surface area contributed by atoms with E-state index in [0.717, 1.165) is 24.9 Å². The minimum atomic E-state index is -4.66. The molecule has 0 aliphatic carbocycles. The lowest BCUT2D eigenvalue weighted by Gasteiger charge is -2.19. The number of nitrogens with one attached hydrogen (secondary N) is 1. The maximum absolute atomic E-state index is 12.1. The van der Waals surface area contributed by atoms with Crippen LogP contribution in [0.15, 0.2) is 24.3 Å². The molecule has 1 aromatic carbocycles. The van der Waals surface area contributed by atoms with Crippen molar-refractivity contribution in [1.82, 2.24) is 5.32 Å². The lowest BCUT2D eigenvalue weighted by molar-refractivity contribution is -0.274. The molecule has 0 bridgehead atoms. The van der Waals surface area contributed by atoms with Gasteiger partial charge >= 0.3 is 6.36 Å². The molecule has 0 radical (unpaired) electrons. The van der Waals surface area contributed by atoms with Crippen molar-refractivity contribution >= 4 is 0 Å². The first-order valence-corrected chi connectivity index (χ1v) is 7.05. The number of hydrogen-bond donors (Lipinski definition) is 2. The summed E-state index contributed by atoms with van der Waals surface area (Å²) in [6, 6.07) is 5.88. The van der Waals surface area contributed by atoms with Gasteiger partial charge in [0, 0.05) is 12.6 Å². The second-order valence-electron chi connectivity index (χ2n) is 5.03. The Kier molecular flexibility index (Phi) is 6.98. The number of rotatable bonds is 8. The number of benzene rings is 1. The molecule has 0 fully saturated rings. The molecule has 0 saturated carbocycles. The molecule has 0 saturated heterocycles. The summed E-state index contributed by atoms with van der Waals surface area (Å²) in [7, 11) is 0. The second kappa shape index (κ2) is 8.24. The van der Waals surface area contributed by atoms with Crippen LogP contribution in [0, 0.1) is 5.92 Å². The molecule has 0 aliphatic heterocycles. The van der Waals surface area contributed by atoms with Crippen LogP contribution in [0.25, 0.3) is 0 Å². The van der Waals surface area contributed by atoms with Crippen LogP contribution < -0.4 is 10.1 Å². The summed E-state index contributed by atoms with van der Waals surface area (Å²) < 4.78 is 40.0. The zero-order chi connectivity index (χ0) is 15.9. The highest BCUT2D eigenvalue weighted by Crippen LogP contribution is 2.24. The number of hydrogen-bond acceptors (Lipinski definition) is 3. The molecule has 2 N–H and O–H groups in total. The van der Waals surface area contributed by atoms with Gasteiger partial charge in [0.2, 0.25) is 0 Å². The fraction of sp³-hybridized carbons (Fsp3) is 0.600. The molecule has 120 valence electrons. The van der Waals surface area contributed by atoms with E-state index in [2.05, 4.69) is 17.0 Å². The van der Waals surface area contributed by atoms with Gasteiger partial charge in [-0.05, 0) is 43.5 Å².